The summed E-state index contributed by atoms with van der Waals surface area (Å²) in [6.45, 7) is 6.19. The maximum absolute atomic E-state index is 12.3. The monoisotopic (exact) mass is 312 g/mol. The average molecular weight is 312 g/mol. The molecule has 110 valence electrons. The standard InChI is InChI=1S/C14H20N2O2S2/c1-4-5-8-19-14-15-12-7-6-11(10(2)3)9-13(12)20(17,18)16-14/h6-7,9-10H,4-5,8H2,1-3H3,(H,15,16). The lowest BCUT2D eigenvalue weighted by molar-refractivity contribution is 0.597. The summed E-state index contributed by atoms with van der Waals surface area (Å²) in [7, 11) is -3.58. The van der Waals surface area contributed by atoms with Gasteiger partial charge in [-0.1, -0.05) is 45.0 Å². The quantitative estimate of drug-likeness (QED) is 0.859. The van der Waals surface area contributed by atoms with Gasteiger partial charge in [0.05, 0.1) is 5.69 Å². The molecule has 2 rings (SSSR count). The van der Waals surface area contributed by atoms with Crippen LogP contribution in [0.1, 0.15) is 45.1 Å². The molecule has 0 unspecified atom stereocenters. The highest BCUT2D eigenvalue weighted by Gasteiger charge is 2.25. The van der Waals surface area contributed by atoms with E-state index in [1.54, 1.807) is 6.07 Å². The molecule has 0 spiro atoms. The van der Waals surface area contributed by atoms with Crippen LogP contribution in [0, 0.1) is 0 Å². The molecule has 0 saturated heterocycles. The smallest absolute Gasteiger partial charge is 0.286 e. The number of benzene rings is 1. The molecule has 1 aromatic carbocycles. The van der Waals surface area contributed by atoms with Crippen molar-refractivity contribution in [3.63, 3.8) is 0 Å². The fraction of sp³-hybridized carbons (Fsp3) is 0.500. The lowest BCUT2D eigenvalue weighted by atomic mass is 10.0. The minimum absolute atomic E-state index is 0.281. The van der Waals surface area contributed by atoms with Crippen LogP contribution in [0.25, 0.3) is 0 Å². The van der Waals surface area contributed by atoms with Crippen LogP contribution in [-0.4, -0.2) is 19.3 Å². The van der Waals surface area contributed by atoms with Gasteiger partial charge in [-0.3, -0.25) is 0 Å². The van der Waals surface area contributed by atoms with Crippen LogP contribution in [0.4, 0.5) is 5.69 Å². The highest BCUT2D eigenvalue weighted by molar-refractivity contribution is 8.14. The van der Waals surface area contributed by atoms with Crippen LogP contribution in [0.15, 0.2) is 27.5 Å². The highest BCUT2D eigenvalue weighted by atomic mass is 32.2. The highest BCUT2D eigenvalue weighted by Crippen LogP contribution is 2.32. The predicted molar refractivity (Wildman–Crippen MR) is 86.1 cm³/mol. The van der Waals surface area contributed by atoms with Crippen molar-refractivity contribution >= 4 is 32.6 Å². The third-order valence-electron chi connectivity index (χ3n) is 3.13. The maximum Gasteiger partial charge on any atom is 0.286 e. The molecule has 1 N–H and O–H groups in total. The Hall–Kier alpha value is -1.01. The van der Waals surface area contributed by atoms with E-state index in [4.69, 9.17) is 0 Å². The van der Waals surface area contributed by atoms with Gasteiger partial charge in [-0.25, -0.2) is 0 Å². The van der Waals surface area contributed by atoms with Gasteiger partial charge in [0.15, 0.2) is 5.17 Å². The first-order valence-corrected chi connectivity index (χ1v) is 9.25. The summed E-state index contributed by atoms with van der Waals surface area (Å²) in [6.07, 6.45) is 2.13. The molecule has 1 heterocycles. The maximum atomic E-state index is 12.3. The minimum atomic E-state index is -3.58. The number of amidine groups is 1. The van der Waals surface area contributed by atoms with Gasteiger partial charge in [-0.2, -0.15) is 8.42 Å². The van der Waals surface area contributed by atoms with Crippen LogP contribution in [-0.2, 0) is 10.0 Å². The Morgan fingerprint density at radius 2 is 2.10 bits per heavy atom. The fourth-order valence-electron chi connectivity index (χ4n) is 1.89. The predicted octanol–water partition coefficient (Wildman–Crippen LogP) is 3.81. The number of thioether (sulfide) groups is 1. The second-order valence-corrected chi connectivity index (χ2v) is 7.76. The summed E-state index contributed by atoms with van der Waals surface area (Å²) in [5.74, 6) is 1.16. The van der Waals surface area contributed by atoms with Gasteiger partial charge in [0.2, 0.25) is 0 Å². The number of anilines is 1. The van der Waals surface area contributed by atoms with Gasteiger partial charge in [-0.05, 0) is 30.0 Å². The van der Waals surface area contributed by atoms with E-state index in [9.17, 15) is 8.42 Å². The summed E-state index contributed by atoms with van der Waals surface area (Å²) >= 11 is 1.46. The zero-order chi connectivity index (χ0) is 14.8. The summed E-state index contributed by atoms with van der Waals surface area (Å²) in [5.41, 5.74) is 1.63. The Balaban J connectivity index is 2.30. The van der Waals surface area contributed by atoms with E-state index in [0.29, 0.717) is 16.8 Å². The lowest BCUT2D eigenvalue weighted by Gasteiger charge is -2.19. The summed E-state index contributed by atoms with van der Waals surface area (Å²) < 4.78 is 28.4. The Morgan fingerprint density at radius 1 is 1.35 bits per heavy atom. The van der Waals surface area contributed by atoms with Crippen molar-refractivity contribution in [3.8, 4) is 0 Å². The lowest BCUT2D eigenvalue weighted by Crippen LogP contribution is -2.19. The number of rotatable bonds is 4. The molecular formula is C14H20N2O2S2. The molecule has 20 heavy (non-hydrogen) atoms. The number of hydrogen-bond donors (Lipinski definition) is 1. The SMILES string of the molecule is CCCCSC1=NS(=O)(=O)c2cc(C(C)C)ccc2N1. The molecule has 1 aliphatic rings. The first-order chi connectivity index (χ1) is 9.44. The van der Waals surface area contributed by atoms with Crippen LogP contribution in [0.5, 0.6) is 0 Å². The fourth-order valence-corrected chi connectivity index (χ4v) is 4.24. The second kappa shape index (κ2) is 6.18. The molecule has 0 amide bonds. The molecule has 6 heteroatoms. The Labute approximate surface area is 125 Å². The van der Waals surface area contributed by atoms with Crippen LogP contribution < -0.4 is 5.32 Å². The topological polar surface area (TPSA) is 58.5 Å². The molecule has 0 bridgehead atoms. The first kappa shape index (κ1) is 15.4. The van der Waals surface area contributed by atoms with Crippen molar-refractivity contribution < 1.29 is 8.42 Å². The van der Waals surface area contributed by atoms with Crippen molar-refractivity contribution in [1.29, 1.82) is 0 Å². The number of fused-ring (bicyclic) bond motifs is 1. The van der Waals surface area contributed by atoms with E-state index in [1.807, 2.05) is 26.0 Å². The van der Waals surface area contributed by atoms with Crippen LogP contribution >= 0.6 is 11.8 Å². The molecule has 0 atom stereocenters. The number of hydrogen-bond acceptors (Lipinski definition) is 4. The average Bonchev–Trinajstić information content (AvgIpc) is 2.38. The Morgan fingerprint density at radius 3 is 2.75 bits per heavy atom. The molecule has 0 fully saturated rings. The van der Waals surface area contributed by atoms with Gasteiger partial charge in [-0.15, -0.1) is 4.40 Å². The van der Waals surface area contributed by atoms with E-state index < -0.39 is 10.0 Å². The largest absolute Gasteiger partial charge is 0.333 e. The molecule has 1 aliphatic heterocycles. The number of sulfonamides is 1. The molecule has 1 aromatic rings. The van der Waals surface area contributed by atoms with E-state index in [-0.39, 0.29) is 4.90 Å². The van der Waals surface area contributed by atoms with Gasteiger partial charge < -0.3 is 5.32 Å². The van der Waals surface area contributed by atoms with Crippen molar-refractivity contribution in [1.82, 2.24) is 0 Å². The molecule has 4 nitrogen and oxygen atoms in total. The Bertz CT molecular complexity index is 622. The Kier molecular flexibility index (Phi) is 4.75. The van der Waals surface area contributed by atoms with Gasteiger partial charge in [0, 0.05) is 5.75 Å². The number of nitrogens with zero attached hydrogens (tertiary/aromatic N) is 1. The molecule has 0 aliphatic carbocycles. The van der Waals surface area contributed by atoms with Crippen molar-refractivity contribution in [2.75, 3.05) is 11.1 Å². The van der Waals surface area contributed by atoms with E-state index in [2.05, 4.69) is 16.6 Å². The minimum Gasteiger partial charge on any atom is -0.333 e. The van der Waals surface area contributed by atoms with Crippen molar-refractivity contribution in [2.45, 2.75) is 44.4 Å². The first-order valence-electron chi connectivity index (χ1n) is 6.82. The number of nitrogens with one attached hydrogen (secondary N) is 1. The normalized spacial score (nSPS) is 16.5. The summed E-state index contributed by atoms with van der Waals surface area (Å²) in [6, 6.07) is 5.52. The third kappa shape index (κ3) is 3.35. The van der Waals surface area contributed by atoms with Gasteiger partial charge >= 0.3 is 0 Å². The van der Waals surface area contributed by atoms with Crippen molar-refractivity contribution in [2.24, 2.45) is 4.40 Å². The van der Waals surface area contributed by atoms with Gasteiger partial charge in [0.1, 0.15) is 4.90 Å². The summed E-state index contributed by atoms with van der Waals surface area (Å²) in [4.78, 5) is 0.281. The third-order valence-corrected chi connectivity index (χ3v) is 5.52. The van der Waals surface area contributed by atoms with E-state index in [0.717, 1.165) is 24.2 Å². The zero-order valence-corrected chi connectivity index (χ0v) is 13.6. The second-order valence-electron chi connectivity index (χ2n) is 5.11. The van der Waals surface area contributed by atoms with Crippen LogP contribution in [0.2, 0.25) is 0 Å². The molecule has 0 aromatic heterocycles. The summed E-state index contributed by atoms with van der Waals surface area (Å²) in [5, 5.41) is 3.59. The molecule has 0 saturated carbocycles. The number of unbranched alkanes of at least 4 members (excludes halogenated alkanes) is 1. The molecular weight excluding hydrogens is 292 g/mol. The van der Waals surface area contributed by atoms with E-state index >= 15 is 0 Å². The van der Waals surface area contributed by atoms with E-state index in [1.165, 1.54) is 11.8 Å². The molecule has 0 radical (unpaired) electrons. The van der Waals surface area contributed by atoms with Crippen molar-refractivity contribution in [3.05, 3.63) is 23.8 Å². The zero-order valence-electron chi connectivity index (χ0n) is 12.0. The van der Waals surface area contributed by atoms with Crippen LogP contribution in [0.3, 0.4) is 0 Å². The van der Waals surface area contributed by atoms with Gasteiger partial charge in [0.25, 0.3) is 10.0 Å².